The first-order chi connectivity index (χ1) is 6.06. The molecule has 0 saturated heterocycles. The Labute approximate surface area is 81.1 Å². The molecule has 3 N–H and O–H groups in total. The van der Waals surface area contributed by atoms with Gasteiger partial charge in [-0.15, -0.1) is 0 Å². The monoisotopic (exact) mass is 203 g/mol. The predicted molar refractivity (Wildman–Crippen MR) is 50.2 cm³/mol. The zero-order chi connectivity index (χ0) is 10.0. The third-order valence-electron chi connectivity index (χ3n) is 1.91. The molecule has 0 aliphatic carbocycles. The molecule has 0 aliphatic rings. The molecule has 0 fully saturated rings. The number of benzene rings is 1. The van der Waals surface area contributed by atoms with Crippen LogP contribution in [-0.2, 0) is 0 Å². The average molecular weight is 204 g/mol. The third kappa shape index (κ3) is 2.18. The molecule has 1 aromatic rings. The van der Waals surface area contributed by atoms with Crippen molar-refractivity contribution in [3.63, 3.8) is 0 Å². The fourth-order valence-electron chi connectivity index (χ4n) is 1.16. The molecule has 72 valence electrons. The topological polar surface area (TPSA) is 46.2 Å². The molecular formula is C9H11ClFNO. The van der Waals surface area contributed by atoms with Crippen molar-refractivity contribution in [2.45, 2.75) is 13.0 Å². The number of aryl methyl sites for hydroxylation is 1. The van der Waals surface area contributed by atoms with Gasteiger partial charge in [0.05, 0.1) is 17.7 Å². The van der Waals surface area contributed by atoms with E-state index in [1.807, 2.05) is 0 Å². The molecule has 1 rings (SSSR count). The number of aliphatic hydroxyl groups is 1. The summed E-state index contributed by atoms with van der Waals surface area (Å²) in [6.45, 7) is 1.55. The van der Waals surface area contributed by atoms with E-state index in [1.165, 1.54) is 12.1 Å². The number of hydrogen-bond acceptors (Lipinski definition) is 2. The van der Waals surface area contributed by atoms with Gasteiger partial charge in [0, 0.05) is 0 Å². The van der Waals surface area contributed by atoms with Crippen molar-refractivity contribution in [2.24, 2.45) is 5.73 Å². The Hall–Kier alpha value is -0.640. The van der Waals surface area contributed by atoms with E-state index in [0.29, 0.717) is 11.1 Å². The molecule has 0 heterocycles. The second-order valence-electron chi connectivity index (χ2n) is 2.91. The highest BCUT2D eigenvalue weighted by Gasteiger charge is 2.11. The molecule has 4 heteroatoms. The van der Waals surface area contributed by atoms with E-state index in [4.69, 9.17) is 22.4 Å². The zero-order valence-corrected chi connectivity index (χ0v) is 7.98. The van der Waals surface area contributed by atoms with E-state index in [0.717, 1.165) is 0 Å². The second kappa shape index (κ2) is 4.05. The highest BCUT2D eigenvalue weighted by Crippen LogP contribution is 2.23. The number of rotatable bonds is 2. The van der Waals surface area contributed by atoms with Crippen LogP contribution in [0.15, 0.2) is 12.1 Å². The van der Waals surface area contributed by atoms with Crippen LogP contribution in [0.1, 0.15) is 17.2 Å². The highest BCUT2D eigenvalue weighted by atomic mass is 35.5. The molecule has 0 aromatic heterocycles. The SMILES string of the molecule is Cc1cc(F)c(Cl)cc1C(N)CO. The maximum atomic E-state index is 12.9. The van der Waals surface area contributed by atoms with Crippen LogP contribution in [0.2, 0.25) is 5.02 Å². The quantitative estimate of drug-likeness (QED) is 0.770. The van der Waals surface area contributed by atoms with Crippen LogP contribution in [0.25, 0.3) is 0 Å². The molecular weight excluding hydrogens is 193 g/mol. The number of aliphatic hydroxyl groups excluding tert-OH is 1. The minimum atomic E-state index is -0.502. The van der Waals surface area contributed by atoms with Crippen molar-refractivity contribution >= 4 is 11.6 Å². The average Bonchev–Trinajstić information content (AvgIpc) is 2.10. The van der Waals surface area contributed by atoms with Gasteiger partial charge < -0.3 is 10.8 Å². The first kappa shape index (κ1) is 10.4. The molecule has 13 heavy (non-hydrogen) atoms. The molecule has 1 aromatic carbocycles. The minimum Gasteiger partial charge on any atom is -0.394 e. The predicted octanol–water partition coefficient (Wildman–Crippen LogP) is 1.78. The first-order valence-electron chi connectivity index (χ1n) is 3.88. The summed E-state index contributed by atoms with van der Waals surface area (Å²) in [4.78, 5) is 0. The molecule has 0 aliphatic heterocycles. The summed E-state index contributed by atoms with van der Waals surface area (Å²) in [6.07, 6.45) is 0. The highest BCUT2D eigenvalue weighted by molar-refractivity contribution is 6.30. The van der Waals surface area contributed by atoms with Gasteiger partial charge in [-0.3, -0.25) is 0 Å². The molecule has 2 nitrogen and oxygen atoms in total. The van der Waals surface area contributed by atoms with Gasteiger partial charge >= 0.3 is 0 Å². The largest absolute Gasteiger partial charge is 0.394 e. The minimum absolute atomic E-state index is 0.0319. The summed E-state index contributed by atoms with van der Waals surface area (Å²) in [5.74, 6) is -0.465. The van der Waals surface area contributed by atoms with E-state index >= 15 is 0 Å². The summed E-state index contributed by atoms with van der Waals surface area (Å²) in [6, 6.07) is 2.26. The van der Waals surface area contributed by atoms with Gasteiger partial charge in [-0.25, -0.2) is 4.39 Å². The van der Waals surface area contributed by atoms with Crippen LogP contribution >= 0.6 is 11.6 Å². The summed E-state index contributed by atoms with van der Waals surface area (Å²) in [5.41, 5.74) is 6.96. The molecule has 1 atom stereocenters. The zero-order valence-electron chi connectivity index (χ0n) is 7.22. The summed E-state index contributed by atoms with van der Waals surface area (Å²) < 4.78 is 12.9. The lowest BCUT2D eigenvalue weighted by molar-refractivity contribution is 0.267. The number of nitrogens with two attached hydrogens (primary N) is 1. The van der Waals surface area contributed by atoms with E-state index in [9.17, 15) is 4.39 Å². The lowest BCUT2D eigenvalue weighted by Crippen LogP contribution is -2.15. The van der Waals surface area contributed by atoms with Gasteiger partial charge in [0.15, 0.2) is 0 Å². The van der Waals surface area contributed by atoms with E-state index in [2.05, 4.69) is 0 Å². The van der Waals surface area contributed by atoms with Crippen LogP contribution in [0.5, 0.6) is 0 Å². The van der Waals surface area contributed by atoms with Crippen molar-refractivity contribution in [3.8, 4) is 0 Å². The Kier molecular flexibility index (Phi) is 3.25. The van der Waals surface area contributed by atoms with E-state index < -0.39 is 11.9 Å². The van der Waals surface area contributed by atoms with Gasteiger partial charge in [-0.05, 0) is 30.2 Å². The van der Waals surface area contributed by atoms with Gasteiger partial charge in [0.25, 0.3) is 0 Å². The lowest BCUT2D eigenvalue weighted by atomic mass is 10.0. The molecule has 1 unspecified atom stereocenters. The van der Waals surface area contributed by atoms with E-state index in [1.54, 1.807) is 6.92 Å². The van der Waals surface area contributed by atoms with Gasteiger partial charge in [0.1, 0.15) is 5.82 Å². The third-order valence-corrected chi connectivity index (χ3v) is 2.19. The van der Waals surface area contributed by atoms with Crippen molar-refractivity contribution in [1.82, 2.24) is 0 Å². The fourth-order valence-corrected chi connectivity index (χ4v) is 1.33. The van der Waals surface area contributed by atoms with Crippen LogP contribution in [0, 0.1) is 12.7 Å². The van der Waals surface area contributed by atoms with Crippen molar-refractivity contribution in [2.75, 3.05) is 6.61 Å². The maximum absolute atomic E-state index is 12.9. The summed E-state index contributed by atoms with van der Waals surface area (Å²) in [7, 11) is 0. The normalized spacial score (nSPS) is 13.0. The van der Waals surface area contributed by atoms with Gasteiger partial charge in [-0.2, -0.15) is 0 Å². The number of hydrogen-bond donors (Lipinski definition) is 2. The molecule has 0 saturated carbocycles. The van der Waals surface area contributed by atoms with Gasteiger partial charge in [0.2, 0.25) is 0 Å². The standard InChI is InChI=1S/C9H11ClFNO/c1-5-2-8(11)7(10)3-6(5)9(12)4-13/h2-3,9,13H,4,12H2,1H3. The Balaban J connectivity index is 3.15. The molecule has 0 spiro atoms. The number of halogens is 2. The van der Waals surface area contributed by atoms with E-state index in [-0.39, 0.29) is 11.6 Å². The van der Waals surface area contributed by atoms with Crippen molar-refractivity contribution < 1.29 is 9.50 Å². The lowest BCUT2D eigenvalue weighted by Gasteiger charge is -2.12. The van der Waals surface area contributed by atoms with Crippen molar-refractivity contribution in [3.05, 3.63) is 34.1 Å². The second-order valence-corrected chi connectivity index (χ2v) is 3.32. The Morgan fingerprint density at radius 1 is 1.62 bits per heavy atom. The Morgan fingerprint density at radius 3 is 2.77 bits per heavy atom. The van der Waals surface area contributed by atoms with Gasteiger partial charge in [-0.1, -0.05) is 11.6 Å². The Morgan fingerprint density at radius 2 is 2.23 bits per heavy atom. The first-order valence-corrected chi connectivity index (χ1v) is 4.26. The van der Waals surface area contributed by atoms with Crippen LogP contribution < -0.4 is 5.73 Å². The smallest absolute Gasteiger partial charge is 0.142 e. The maximum Gasteiger partial charge on any atom is 0.142 e. The Bertz CT molecular complexity index is 317. The van der Waals surface area contributed by atoms with Crippen LogP contribution in [-0.4, -0.2) is 11.7 Å². The molecule has 0 bridgehead atoms. The summed E-state index contributed by atoms with van der Waals surface area (Å²) >= 11 is 5.57. The molecule has 0 amide bonds. The fraction of sp³-hybridized carbons (Fsp3) is 0.333. The van der Waals surface area contributed by atoms with Crippen molar-refractivity contribution in [1.29, 1.82) is 0 Å². The summed E-state index contributed by atoms with van der Waals surface area (Å²) in [5, 5.41) is 8.84. The molecule has 0 radical (unpaired) electrons. The van der Waals surface area contributed by atoms with Crippen LogP contribution in [0.3, 0.4) is 0 Å². The van der Waals surface area contributed by atoms with Crippen LogP contribution in [0.4, 0.5) is 4.39 Å².